The molecule has 2 N–H and O–H groups in total. The molecule has 2 unspecified atom stereocenters. The third-order valence-corrected chi connectivity index (χ3v) is 5.64. The Labute approximate surface area is 158 Å². The van der Waals surface area contributed by atoms with Crippen LogP contribution in [-0.4, -0.2) is 61.5 Å². The van der Waals surface area contributed by atoms with Gasteiger partial charge < -0.3 is 15.4 Å². The summed E-state index contributed by atoms with van der Waals surface area (Å²) in [5.74, 6) is -0.235. The van der Waals surface area contributed by atoms with Gasteiger partial charge in [-0.15, -0.1) is 0 Å². The van der Waals surface area contributed by atoms with Crippen LogP contribution in [0.3, 0.4) is 0 Å². The molecule has 7 nitrogen and oxygen atoms in total. The fourth-order valence-electron chi connectivity index (χ4n) is 4.04. The SMILES string of the molecule is O=C(NCCC1CCNC1)c1ccc2c(c1)C(=O)N(CC1CCCO1)C2=O. The minimum Gasteiger partial charge on any atom is -0.376 e. The Morgan fingerprint density at radius 1 is 1.22 bits per heavy atom. The first kappa shape index (κ1) is 18.1. The standard InChI is InChI=1S/C20H25N3O4/c24-18(22-8-6-13-5-7-21-11-13)14-3-4-16-17(10-14)20(26)23(19(16)25)12-15-2-1-9-27-15/h3-4,10,13,15,21H,1-2,5-9,11-12H2,(H,22,24). The van der Waals surface area contributed by atoms with Crippen LogP contribution >= 0.6 is 0 Å². The van der Waals surface area contributed by atoms with Gasteiger partial charge >= 0.3 is 0 Å². The number of fused-ring (bicyclic) bond motifs is 1. The van der Waals surface area contributed by atoms with E-state index in [1.54, 1.807) is 12.1 Å². The van der Waals surface area contributed by atoms with E-state index in [9.17, 15) is 14.4 Å². The molecule has 1 aromatic carbocycles. The molecule has 0 spiro atoms. The van der Waals surface area contributed by atoms with Gasteiger partial charge in [0.15, 0.2) is 0 Å². The molecule has 144 valence electrons. The van der Waals surface area contributed by atoms with Gasteiger partial charge in [0.1, 0.15) is 0 Å². The molecule has 2 fully saturated rings. The van der Waals surface area contributed by atoms with Crippen LogP contribution in [0.5, 0.6) is 0 Å². The molecular weight excluding hydrogens is 346 g/mol. The van der Waals surface area contributed by atoms with E-state index < -0.39 is 0 Å². The van der Waals surface area contributed by atoms with Crippen LogP contribution in [0.4, 0.5) is 0 Å². The summed E-state index contributed by atoms with van der Waals surface area (Å²) in [6.07, 6.45) is 3.81. The Bertz CT molecular complexity index is 752. The zero-order valence-corrected chi connectivity index (χ0v) is 15.3. The quantitative estimate of drug-likeness (QED) is 0.734. The van der Waals surface area contributed by atoms with Gasteiger partial charge in [0.2, 0.25) is 0 Å². The number of hydrogen-bond donors (Lipinski definition) is 2. The molecule has 1 aromatic rings. The van der Waals surface area contributed by atoms with E-state index in [1.807, 2.05) is 0 Å². The Hall–Kier alpha value is -2.25. The Morgan fingerprint density at radius 2 is 2.07 bits per heavy atom. The van der Waals surface area contributed by atoms with Gasteiger partial charge in [-0.3, -0.25) is 19.3 Å². The number of carbonyl (C=O) groups is 3. The van der Waals surface area contributed by atoms with Crippen molar-refractivity contribution in [3.63, 3.8) is 0 Å². The van der Waals surface area contributed by atoms with Crippen molar-refractivity contribution in [2.75, 3.05) is 32.8 Å². The van der Waals surface area contributed by atoms with Crippen molar-refractivity contribution in [3.05, 3.63) is 34.9 Å². The molecule has 0 bridgehead atoms. The number of benzene rings is 1. The minimum absolute atomic E-state index is 0.0833. The van der Waals surface area contributed by atoms with E-state index >= 15 is 0 Å². The summed E-state index contributed by atoms with van der Waals surface area (Å²) in [6, 6.07) is 4.74. The van der Waals surface area contributed by atoms with Crippen LogP contribution < -0.4 is 10.6 Å². The summed E-state index contributed by atoms with van der Waals surface area (Å²) < 4.78 is 5.54. The maximum absolute atomic E-state index is 12.7. The Morgan fingerprint density at radius 3 is 2.81 bits per heavy atom. The second-order valence-electron chi connectivity index (χ2n) is 7.52. The number of nitrogens with one attached hydrogen (secondary N) is 2. The average Bonchev–Trinajstić information content (AvgIpc) is 3.41. The molecule has 7 heteroatoms. The highest BCUT2D eigenvalue weighted by atomic mass is 16.5. The summed E-state index contributed by atoms with van der Waals surface area (Å²) in [6.45, 7) is 3.62. The first-order valence-electron chi connectivity index (χ1n) is 9.74. The summed E-state index contributed by atoms with van der Waals surface area (Å²) in [5, 5.41) is 6.23. The molecule has 4 rings (SSSR count). The lowest BCUT2D eigenvalue weighted by molar-refractivity contribution is 0.0475. The van der Waals surface area contributed by atoms with Crippen molar-refractivity contribution in [1.29, 1.82) is 0 Å². The molecule has 0 aromatic heterocycles. The topological polar surface area (TPSA) is 87.7 Å². The van der Waals surface area contributed by atoms with Crippen LogP contribution in [0.15, 0.2) is 18.2 Å². The lowest BCUT2D eigenvalue weighted by atomic mass is 10.0. The van der Waals surface area contributed by atoms with E-state index in [1.165, 1.54) is 11.0 Å². The average molecular weight is 371 g/mol. The third-order valence-electron chi connectivity index (χ3n) is 5.64. The van der Waals surface area contributed by atoms with Crippen molar-refractivity contribution in [2.24, 2.45) is 5.92 Å². The van der Waals surface area contributed by atoms with Gasteiger partial charge in [-0.05, 0) is 62.9 Å². The number of nitrogens with zero attached hydrogens (tertiary/aromatic N) is 1. The van der Waals surface area contributed by atoms with Crippen LogP contribution in [0, 0.1) is 5.92 Å². The molecule has 0 aliphatic carbocycles. The monoisotopic (exact) mass is 371 g/mol. The van der Waals surface area contributed by atoms with E-state index in [0.717, 1.165) is 38.8 Å². The molecule has 0 radical (unpaired) electrons. The summed E-state index contributed by atoms with van der Waals surface area (Å²) in [7, 11) is 0. The Kier molecular flexibility index (Phi) is 5.22. The predicted octanol–water partition coefficient (Wildman–Crippen LogP) is 1.19. The second-order valence-corrected chi connectivity index (χ2v) is 7.52. The smallest absolute Gasteiger partial charge is 0.261 e. The highest BCUT2D eigenvalue weighted by Gasteiger charge is 2.37. The molecule has 3 aliphatic rings. The van der Waals surface area contributed by atoms with Crippen molar-refractivity contribution in [3.8, 4) is 0 Å². The maximum Gasteiger partial charge on any atom is 0.261 e. The van der Waals surface area contributed by atoms with Crippen molar-refractivity contribution < 1.29 is 19.1 Å². The van der Waals surface area contributed by atoms with Crippen LogP contribution in [0.2, 0.25) is 0 Å². The van der Waals surface area contributed by atoms with Gasteiger partial charge in [0.25, 0.3) is 17.7 Å². The van der Waals surface area contributed by atoms with Gasteiger partial charge in [0.05, 0.1) is 23.8 Å². The van der Waals surface area contributed by atoms with Gasteiger partial charge in [-0.25, -0.2) is 0 Å². The maximum atomic E-state index is 12.7. The van der Waals surface area contributed by atoms with Crippen LogP contribution in [0.1, 0.15) is 56.8 Å². The summed E-state index contributed by atoms with van der Waals surface area (Å²) in [5.41, 5.74) is 1.09. The third kappa shape index (κ3) is 3.75. The van der Waals surface area contributed by atoms with Gasteiger partial charge in [-0.2, -0.15) is 0 Å². The van der Waals surface area contributed by atoms with Crippen molar-refractivity contribution in [2.45, 2.75) is 31.8 Å². The number of carbonyl (C=O) groups excluding carboxylic acids is 3. The Balaban J connectivity index is 1.39. The molecule has 3 amide bonds. The highest BCUT2D eigenvalue weighted by Crippen LogP contribution is 2.26. The first-order chi connectivity index (χ1) is 13.1. The van der Waals surface area contributed by atoms with E-state index in [-0.39, 0.29) is 30.4 Å². The highest BCUT2D eigenvalue weighted by molar-refractivity contribution is 6.22. The molecule has 2 atom stereocenters. The normalized spacial score (nSPS) is 24.5. The summed E-state index contributed by atoms with van der Waals surface area (Å²) in [4.78, 5) is 38.9. The second kappa shape index (κ2) is 7.78. The number of amides is 3. The lowest BCUT2D eigenvalue weighted by Crippen LogP contribution is -2.36. The largest absolute Gasteiger partial charge is 0.376 e. The number of hydrogen-bond acceptors (Lipinski definition) is 5. The molecular formula is C20H25N3O4. The number of ether oxygens (including phenoxy) is 1. The molecule has 3 heterocycles. The van der Waals surface area contributed by atoms with Gasteiger partial charge in [-0.1, -0.05) is 0 Å². The number of imide groups is 1. The van der Waals surface area contributed by atoms with Crippen LogP contribution in [-0.2, 0) is 4.74 Å². The zero-order chi connectivity index (χ0) is 18.8. The lowest BCUT2D eigenvalue weighted by Gasteiger charge is -2.17. The molecule has 3 aliphatic heterocycles. The fraction of sp³-hybridized carbons (Fsp3) is 0.550. The number of rotatable bonds is 6. The molecule has 0 saturated carbocycles. The minimum atomic E-state index is -0.336. The predicted molar refractivity (Wildman–Crippen MR) is 98.7 cm³/mol. The van der Waals surface area contributed by atoms with E-state index in [2.05, 4.69) is 10.6 Å². The molecule has 27 heavy (non-hydrogen) atoms. The van der Waals surface area contributed by atoms with Crippen molar-refractivity contribution >= 4 is 17.7 Å². The first-order valence-corrected chi connectivity index (χ1v) is 9.74. The van der Waals surface area contributed by atoms with E-state index in [4.69, 9.17) is 4.74 Å². The molecule has 2 saturated heterocycles. The van der Waals surface area contributed by atoms with Crippen LogP contribution in [0.25, 0.3) is 0 Å². The summed E-state index contributed by atoms with van der Waals surface area (Å²) >= 11 is 0. The zero-order valence-electron chi connectivity index (χ0n) is 15.3. The fourth-order valence-corrected chi connectivity index (χ4v) is 4.04. The van der Waals surface area contributed by atoms with Crippen molar-refractivity contribution in [1.82, 2.24) is 15.5 Å². The van der Waals surface area contributed by atoms with Gasteiger partial charge in [0, 0.05) is 18.7 Å². The van der Waals surface area contributed by atoms with E-state index in [0.29, 0.717) is 35.8 Å².